The number of hydrogen-bond acceptors (Lipinski definition) is 3. The van der Waals surface area contributed by atoms with Crippen LogP contribution in [-0.2, 0) is 11.2 Å². The molecule has 126 valence electrons. The summed E-state index contributed by atoms with van der Waals surface area (Å²) in [5.41, 5.74) is 2.35. The number of hydrogen-bond donors (Lipinski definition) is 2. The highest BCUT2D eigenvalue weighted by atomic mass is 16.5. The lowest BCUT2D eigenvalue weighted by molar-refractivity contribution is -0.0419. The smallest absolute Gasteiger partial charge is 0.409 e. The predicted octanol–water partition coefficient (Wildman–Crippen LogP) is 4.09. The second-order valence-electron chi connectivity index (χ2n) is 6.46. The van der Waals surface area contributed by atoms with Crippen LogP contribution in [-0.4, -0.2) is 34.5 Å². The molecule has 5 heteroatoms. The number of carboxylic acid groups (broad SMARTS) is 1. The third-order valence-electron chi connectivity index (χ3n) is 4.27. The van der Waals surface area contributed by atoms with Gasteiger partial charge in [-0.1, -0.05) is 30.3 Å². The highest BCUT2D eigenvalue weighted by Gasteiger charge is 2.43. The molecular weight excluding hydrogens is 304 g/mol. The fourth-order valence-electron chi connectivity index (χ4n) is 3.11. The van der Waals surface area contributed by atoms with Gasteiger partial charge in [-0.05, 0) is 50.1 Å². The number of amides is 1. The van der Waals surface area contributed by atoms with E-state index in [9.17, 15) is 9.90 Å². The Kier molecular flexibility index (Phi) is 4.44. The van der Waals surface area contributed by atoms with E-state index in [0.717, 1.165) is 16.9 Å². The summed E-state index contributed by atoms with van der Waals surface area (Å²) in [4.78, 5) is 12.9. The van der Waals surface area contributed by atoms with Crippen LogP contribution in [0.15, 0.2) is 54.6 Å². The lowest BCUT2D eigenvalue weighted by Gasteiger charge is -2.31. The van der Waals surface area contributed by atoms with E-state index < -0.39 is 11.8 Å². The van der Waals surface area contributed by atoms with Crippen molar-refractivity contribution >= 4 is 17.5 Å². The zero-order valence-corrected chi connectivity index (χ0v) is 13.9. The molecule has 1 amide bonds. The maximum Gasteiger partial charge on any atom is 0.409 e. The van der Waals surface area contributed by atoms with Crippen molar-refractivity contribution in [2.45, 2.75) is 32.0 Å². The number of nitrogens with one attached hydrogen (secondary N) is 1. The molecule has 1 atom stereocenters. The molecule has 2 aromatic carbocycles. The minimum absolute atomic E-state index is 0.162. The average molecular weight is 326 g/mol. The molecule has 1 heterocycles. The molecule has 0 aliphatic carbocycles. The highest BCUT2D eigenvalue weighted by molar-refractivity contribution is 5.67. The maximum atomic E-state index is 11.5. The van der Waals surface area contributed by atoms with Crippen LogP contribution in [0.5, 0.6) is 0 Å². The first kappa shape index (κ1) is 16.3. The molecule has 3 rings (SSSR count). The summed E-state index contributed by atoms with van der Waals surface area (Å²) in [6.45, 7) is 3.99. The number of rotatable bonds is 4. The van der Waals surface area contributed by atoms with Crippen molar-refractivity contribution in [3.8, 4) is 0 Å². The van der Waals surface area contributed by atoms with Crippen molar-refractivity contribution in [1.82, 2.24) is 4.90 Å². The van der Waals surface area contributed by atoms with Crippen molar-refractivity contribution in [1.29, 1.82) is 0 Å². The topological polar surface area (TPSA) is 61.8 Å². The van der Waals surface area contributed by atoms with E-state index in [-0.39, 0.29) is 6.04 Å². The van der Waals surface area contributed by atoms with Gasteiger partial charge in [-0.3, -0.25) is 4.90 Å². The van der Waals surface area contributed by atoms with Gasteiger partial charge < -0.3 is 15.2 Å². The van der Waals surface area contributed by atoms with E-state index in [0.29, 0.717) is 13.0 Å². The Morgan fingerprint density at radius 3 is 2.42 bits per heavy atom. The molecular formula is C19H22N2O3. The monoisotopic (exact) mass is 326 g/mol. The van der Waals surface area contributed by atoms with Crippen molar-refractivity contribution in [2.75, 3.05) is 11.9 Å². The van der Waals surface area contributed by atoms with E-state index in [4.69, 9.17) is 4.74 Å². The first-order valence-corrected chi connectivity index (χ1v) is 8.03. The van der Waals surface area contributed by atoms with Gasteiger partial charge in [-0.2, -0.15) is 0 Å². The fraction of sp³-hybridized carbons (Fsp3) is 0.316. The molecule has 0 spiro atoms. The van der Waals surface area contributed by atoms with Gasteiger partial charge >= 0.3 is 6.09 Å². The molecule has 2 N–H and O–H groups in total. The zero-order chi connectivity index (χ0) is 17.2. The second kappa shape index (κ2) is 6.53. The van der Waals surface area contributed by atoms with Gasteiger partial charge in [-0.15, -0.1) is 0 Å². The van der Waals surface area contributed by atoms with Crippen molar-refractivity contribution < 1.29 is 14.6 Å². The SMILES string of the molecule is CC1(C)OC[C@H](Cc2ccc(Nc3ccccc3)cc2)N1C(=O)O. The first-order chi connectivity index (χ1) is 11.5. The minimum atomic E-state index is -0.940. The molecule has 1 fully saturated rings. The predicted molar refractivity (Wildman–Crippen MR) is 93.6 cm³/mol. The quantitative estimate of drug-likeness (QED) is 0.888. The normalized spacial score (nSPS) is 19.2. The van der Waals surface area contributed by atoms with Crippen LogP contribution in [0, 0.1) is 0 Å². The summed E-state index contributed by atoms with van der Waals surface area (Å²) in [5.74, 6) is 0. The lowest BCUT2D eigenvalue weighted by atomic mass is 10.0. The molecule has 1 aliphatic heterocycles. The van der Waals surface area contributed by atoms with E-state index in [2.05, 4.69) is 5.32 Å². The Morgan fingerprint density at radius 2 is 1.79 bits per heavy atom. The van der Waals surface area contributed by atoms with Crippen LogP contribution >= 0.6 is 0 Å². The summed E-state index contributed by atoms with van der Waals surface area (Å²) in [6, 6.07) is 17.9. The number of nitrogens with zero attached hydrogens (tertiary/aromatic N) is 1. The zero-order valence-electron chi connectivity index (χ0n) is 13.9. The Morgan fingerprint density at radius 1 is 1.17 bits per heavy atom. The molecule has 0 unspecified atom stereocenters. The van der Waals surface area contributed by atoms with E-state index >= 15 is 0 Å². The number of anilines is 2. The highest BCUT2D eigenvalue weighted by Crippen LogP contribution is 2.29. The van der Waals surface area contributed by atoms with Gasteiger partial charge in [0.05, 0.1) is 12.6 Å². The van der Waals surface area contributed by atoms with Gasteiger partial charge in [0.2, 0.25) is 0 Å². The first-order valence-electron chi connectivity index (χ1n) is 8.03. The Balaban J connectivity index is 1.67. The minimum Gasteiger partial charge on any atom is -0.465 e. The number of para-hydroxylation sites is 1. The molecule has 0 radical (unpaired) electrons. The molecule has 5 nitrogen and oxygen atoms in total. The van der Waals surface area contributed by atoms with Crippen LogP contribution in [0.25, 0.3) is 0 Å². The van der Waals surface area contributed by atoms with Gasteiger partial charge in [0.15, 0.2) is 0 Å². The van der Waals surface area contributed by atoms with Crippen molar-refractivity contribution in [2.24, 2.45) is 0 Å². The Bertz CT molecular complexity index is 698. The average Bonchev–Trinajstić information content (AvgIpc) is 2.85. The molecule has 1 aliphatic rings. The molecule has 2 aromatic rings. The molecule has 1 saturated heterocycles. The number of carbonyl (C=O) groups is 1. The van der Waals surface area contributed by atoms with Crippen LogP contribution in [0.2, 0.25) is 0 Å². The third kappa shape index (κ3) is 3.51. The molecule has 0 bridgehead atoms. The number of benzene rings is 2. The van der Waals surface area contributed by atoms with Crippen LogP contribution in [0.4, 0.5) is 16.2 Å². The second-order valence-corrected chi connectivity index (χ2v) is 6.46. The van der Waals surface area contributed by atoms with E-state index in [1.807, 2.05) is 54.6 Å². The molecule has 24 heavy (non-hydrogen) atoms. The third-order valence-corrected chi connectivity index (χ3v) is 4.27. The molecule has 0 saturated carbocycles. The Hall–Kier alpha value is -2.53. The molecule has 0 aromatic heterocycles. The lowest BCUT2D eigenvalue weighted by Crippen LogP contribution is -2.47. The van der Waals surface area contributed by atoms with Crippen molar-refractivity contribution in [3.63, 3.8) is 0 Å². The van der Waals surface area contributed by atoms with Gasteiger partial charge in [0.25, 0.3) is 0 Å². The van der Waals surface area contributed by atoms with Gasteiger partial charge in [0.1, 0.15) is 5.72 Å². The largest absolute Gasteiger partial charge is 0.465 e. The summed E-state index contributed by atoms with van der Waals surface area (Å²) in [6.07, 6.45) is -0.300. The van der Waals surface area contributed by atoms with Crippen LogP contribution in [0.1, 0.15) is 19.4 Å². The Labute approximate surface area is 141 Å². The van der Waals surface area contributed by atoms with Crippen LogP contribution in [0.3, 0.4) is 0 Å². The van der Waals surface area contributed by atoms with Gasteiger partial charge in [0, 0.05) is 11.4 Å². The van der Waals surface area contributed by atoms with Gasteiger partial charge in [-0.25, -0.2) is 4.79 Å². The summed E-state index contributed by atoms with van der Waals surface area (Å²) in [7, 11) is 0. The summed E-state index contributed by atoms with van der Waals surface area (Å²) >= 11 is 0. The summed E-state index contributed by atoms with van der Waals surface area (Å²) < 4.78 is 5.63. The van der Waals surface area contributed by atoms with Crippen molar-refractivity contribution in [3.05, 3.63) is 60.2 Å². The van der Waals surface area contributed by atoms with Crippen LogP contribution < -0.4 is 5.32 Å². The fourth-order valence-corrected chi connectivity index (χ4v) is 3.11. The summed E-state index contributed by atoms with van der Waals surface area (Å²) in [5, 5.41) is 12.8. The van der Waals surface area contributed by atoms with E-state index in [1.54, 1.807) is 13.8 Å². The standard InChI is InChI=1S/C19H22N2O3/c1-19(2)21(18(22)23)17(13-24-19)12-14-8-10-16(11-9-14)20-15-6-4-3-5-7-15/h3-11,17,20H,12-13H2,1-2H3,(H,22,23)/t17-/m0/s1. The number of ether oxygens (including phenoxy) is 1. The maximum absolute atomic E-state index is 11.5. The van der Waals surface area contributed by atoms with E-state index in [1.165, 1.54) is 4.90 Å².